The summed E-state index contributed by atoms with van der Waals surface area (Å²) in [6.45, 7) is 2.36. The van der Waals surface area contributed by atoms with Gasteiger partial charge in [0.05, 0.1) is 17.1 Å². The number of aromatic nitrogens is 1. The van der Waals surface area contributed by atoms with E-state index in [9.17, 15) is 9.18 Å². The smallest absolute Gasteiger partial charge is 0.226 e. The van der Waals surface area contributed by atoms with Crippen molar-refractivity contribution in [3.05, 3.63) is 76.0 Å². The van der Waals surface area contributed by atoms with Crippen molar-refractivity contribution in [3.63, 3.8) is 0 Å². The number of benzene rings is 2. The zero-order valence-electron chi connectivity index (χ0n) is 13.7. The molecule has 0 saturated heterocycles. The summed E-state index contributed by atoms with van der Waals surface area (Å²) in [6.07, 6.45) is 0.288. The van der Waals surface area contributed by atoms with Gasteiger partial charge in [-0.15, -0.1) is 11.3 Å². The molecule has 6 heteroatoms. The quantitative estimate of drug-likeness (QED) is 0.719. The first-order chi connectivity index (χ1) is 12.1. The van der Waals surface area contributed by atoms with Gasteiger partial charge >= 0.3 is 0 Å². The highest BCUT2D eigenvalue weighted by atomic mass is 32.1. The molecule has 3 rings (SSSR count). The molecule has 0 radical (unpaired) electrons. The molecule has 0 saturated carbocycles. The second-order valence-electron chi connectivity index (χ2n) is 5.51. The molecule has 0 bridgehead atoms. The van der Waals surface area contributed by atoms with Gasteiger partial charge in [-0.25, -0.2) is 9.37 Å². The Balaban J connectivity index is 1.50. The summed E-state index contributed by atoms with van der Waals surface area (Å²) in [5.41, 5.74) is 1.76. The first-order valence-corrected chi connectivity index (χ1v) is 8.66. The van der Waals surface area contributed by atoms with Crippen LogP contribution in [-0.4, -0.2) is 10.9 Å². The van der Waals surface area contributed by atoms with Gasteiger partial charge in [0.2, 0.25) is 5.91 Å². The maximum Gasteiger partial charge on any atom is 0.226 e. The van der Waals surface area contributed by atoms with Crippen LogP contribution in [0.1, 0.15) is 16.3 Å². The van der Waals surface area contributed by atoms with Gasteiger partial charge in [0, 0.05) is 11.9 Å². The maximum absolute atomic E-state index is 12.9. The zero-order valence-corrected chi connectivity index (χ0v) is 14.5. The van der Waals surface area contributed by atoms with E-state index in [1.54, 1.807) is 12.1 Å². The van der Waals surface area contributed by atoms with Gasteiger partial charge in [-0.05, 0) is 48.9 Å². The fourth-order valence-corrected chi connectivity index (χ4v) is 2.84. The molecule has 128 valence electrons. The average Bonchev–Trinajstić information content (AvgIpc) is 3.01. The summed E-state index contributed by atoms with van der Waals surface area (Å²) in [6, 6.07) is 13.2. The van der Waals surface area contributed by atoms with Crippen LogP contribution in [0.25, 0.3) is 0 Å². The van der Waals surface area contributed by atoms with Crippen molar-refractivity contribution in [3.8, 4) is 11.5 Å². The molecule has 0 spiro atoms. The molecule has 1 amide bonds. The number of amides is 1. The molecular weight excluding hydrogens is 339 g/mol. The van der Waals surface area contributed by atoms with E-state index in [-0.39, 0.29) is 18.1 Å². The Hall–Kier alpha value is -2.73. The molecule has 0 aliphatic rings. The van der Waals surface area contributed by atoms with Crippen LogP contribution >= 0.6 is 11.3 Å². The lowest BCUT2D eigenvalue weighted by atomic mass is 10.2. The largest absolute Gasteiger partial charge is 0.457 e. The van der Waals surface area contributed by atoms with Crippen LogP contribution in [0.15, 0.2) is 53.9 Å². The summed E-state index contributed by atoms with van der Waals surface area (Å²) in [4.78, 5) is 16.2. The van der Waals surface area contributed by atoms with E-state index in [0.29, 0.717) is 18.0 Å². The molecular formula is C19H17FN2O2S. The molecule has 0 fully saturated rings. The molecule has 25 heavy (non-hydrogen) atoms. The molecule has 1 N–H and O–H groups in total. The highest BCUT2D eigenvalue weighted by molar-refractivity contribution is 7.09. The Bertz CT molecular complexity index is 845. The van der Waals surface area contributed by atoms with E-state index >= 15 is 0 Å². The number of aryl methyl sites for hydroxylation is 1. The summed E-state index contributed by atoms with van der Waals surface area (Å²) in [5.74, 6) is 0.865. The lowest BCUT2D eigenvalue weighted by molar-refractivity contribution is -0.120. The summed E-state index contributed by atoms with van der Waals surface area (Å²) in [7, 11) is 0. The monoisotopic (exact) mass is 356 g/mol. The van der Waals surface area contributed by atoms with Crippen molar-refractivity contribution in [2.75, 3.05) is 0 Å². The van der Waals surface area contributed by atoms with E-state index in [0.717, 1.165) is 16.3 Å². The third-order valence-corrected chi connectivity index (χ3v) is 4.29. The Morgan fingerprint density at radius 1 is 1.12 bits per heavy atom. The van der Waals surface area contributed by atoms with Gasteiger partial charge in [-0.1, -0.05) is 12.1 Å². The van der Waals surface area contributed by atoms with E-state index in [1.807, 2.05) is 36.6 Å². The van der Waals surface area contributed by atoms with Crippen LogP contribution in [-0.2, 0) is 17.8 Å². The van der Waals surface area contributed by atoms with Crippen molar-refractivity contribution in [2.45, 2.75) is 19.9 Å². The minimum absolute atomic E-state index is 0.0584. The Morgan fingerprint density at radius 2 is 1.76 bits per heavy atom. The maximum atomic E-state index is 12.9. The van der Waals surface area contributed by atoms with Crippen LogP contribution in [0.5, 0.6) is 11.5 Å². The molecule has 0 aliphatic carbocycles. The van der Waals surface area contributed by atoms with E-state index in [4.69, 9.17) is 4.74 Å². The third kappa shape index (κ3) is 5.12. The Labute approximate surface area is 149 Å². The number of rotatable bonds is 6. The van der Waals surface area contributed by atoms with Crippen molar-refractivity contribution < 1.29 is 13.9 Å². The molecule has 1 aromatic heterocycles. The SMILES string of the molecule is Cc1nc(CC(=O)NCc2ccc(Oc3ccc(F)cc3)cc2)cs1. The fourth-order valence-electron chi connectivity index (χ4n) is 2.23. The zero-order chi connectivity index (χ0) is 17.6. The van der Waals surface area contributed by atoms with E-state index in [1.165, 1.54) is 23.5 Å². The molecule has 2 aromatic carbocycles. The highest BCUT2D eigenvalue weighted by Gasteiger charge is 2.06. The van der Waals surface area contributed by atoms with Crippen molar-refractivity contribution in [1.82, 2.24) is 10.3 Å². The van der Waals surface area contributed by atoms with Gasteiger partial charge in [0.15, 0.2) is 0 Å². The topological polar surface area (TPSA) is 51.2 Å². The first kappa shape index (κ1) is 17.1. The molecule has 0 atom stereocenters. The summed E-state index contributed by atoms with van der Waals surface area (Å²) >= 11 is 1.54. The first-order valence-electron chi connectivity index (χ1n) is 7.78. The Morgan fingerprint density at radius 3 is 2.36 bits per heavy atom. The van der Waals surface area contributed by atoms with Crippen LogP contribution in [0, 0.1) is 12.7 Å². The van der Waals surface area contributed by atoms with Crippen LogP contribution in [0.3, 0.4) is 0 Å². The van der Waals surface area contributed by atoms with Crippen LogP contribution in [0.4, 0.5) is 4.39 Å². The number of nitrogens with one attached hydrogen (secondary N) is 1. The van der Waals surface area contributed by atoms with Crippen molar-refractivity contribution in [2.24, 2.45) is 0 Å². The number of nitrogens with zero attached hydrogens (tertiary/aromatic N) is 1. The molecule has 0 aliphatic heterocycles. The lowest BCUT2D eigenvalue weighted by Crippen LogP contribution is -2.24. The summed E-state index contributed by atoms with van der Waals surface area (Å²) < 4.78 is 18.5. The number of hydrogen-bond donors (Lipinski definition) is 1. The van der Waals surface area contributed by atoms with Gasteiger partial charge < -0.3 is 10.1 Å². The number of ether oxygens (including phenoxy) is 1. The molecule has 4 nitrogen and oxygen atoms in total. The lowest BCUT2D eigenvalue weighted by Gasteiger charge is -2.08. The van der Waals surface area contributed by atoms with Crippen LogP contribution in [0.2, 0.25) is 0 Å². The van der Waals surface area contributed by atoms with Crippen LogP contribution < -0.4 is 10.1 Å². The van der Waals surface area contributed by atoms with Gasteiger partial charge in [0.25, 0.3) is 0 Å². The number of carbonyl (C=O) groups excluding carboxylic acids is 1. The van der Waals surface area contributed by atoms with E-state index < -0.39 is 0 Å². The van der Waals surface area contributed by atoms with E-state index in [2.05, 4.69) is 10.3 Å². The minimum atomic E-state index is -0.300. The van der Waals surface area contributed by atoms with Gasteiger partial charge in [0.1, 0.15) is 17.3 Å². The van der Waals surface area contributed by atoms with Crippen molar-refractivity contribution in [1.29, 1.82) is 0 Å². The number of hydrogen-bond acceptors (Lipinski definition) is 4. The second-order valence-corrected chi connectivity index (χ2v) is 6.57. The van der Waals surface area contributed by atoms with Gasteiger partial charge in [-0.2, -0.15) is 0 Å². The molecule has 3 aromatic rings. The average molecular weight is 356 g/mol. The standard InChI is InChI=1S/C19H17FN2O2S/c1-13-22-16(12-25-13)10-19(23)21-11-14-2-6-17(7-3-14)24-18-8-4-15(20)5-9-18/h2-9,12H,10-11H2,1H3,(H,21,23). The molecule has 1 heterocycles. The number of carbonyl (C=O) groups is 1. The number of halogens is 1. The summed E-state index contributed by atoms with van der Waals surface area (Å²) in [5, 5.41) is 5.73. The normalized spacial score (nSPS) is 10.5. The van der Waals surface area contributed by atoms with Crippen molar-refractivity contribution >= 4 is 17.2 Å². The fraction of sp³-hybridized carbons (Fsp3) is 0.158. The predicted octanol–water partition coefficient (Wildman–Crippen LogP) is 4.24. The third-order valence-electron chi connectivity index (χ3n) is 3.47. The van der Waals surface area contributed by atoms with Gasteiger partial charge in [-0.3, -0.25) is 4.79 Å². The molecule has 0 unspecified atom stereocenters. The second kappa shape index (κ2) is 7.90. The highest BCUT2D eigenvalue weighted by Crippen LogP contribution is 2.21. The predicted molar refractivity (Wildman–Crippen MR) is 95.3 cm³/mol. The minimum Gasteiger partial charge on any atom is -0.457 e. The Kier molecular flexibility index (Phi) is 5.40. The number of thiazole rings is 1.